The Kier molecular flexibility index (Phi) is 4.39. The highest BCUT2D eigenvalue weighted by Crippen LogP contribution is 2.13. The number of carbonyl (C=O) groups excluding carboxylic acids is 1. The van der Waals surface area contributed by atoms with Crippen molar-refractivity contribution in [3.05, 3.63) is 42.4 Å². The van der Waals surface area contributed by atoms with E-state index in [4.69, 9.17) is 0 Å². The van der Waals surface area contributed by atoms with Gasteiger partial charge in [-0.3, -0.25) is 9.48 Å². The summed E-state index contributed by atoms with van der Waals surface area (Å²) in [5, 5.41) is 5.01. The molecular formula is C13H11F3N2O2. The van der Waals surface area contributed by atoms with Gasteiger partial charge in [0.2, 0.25) is 0 Å². The summed E-state index contributed by atoms with van der Waals surface area (Å²) in [5.74, 6) is -2.23. The number of hydrogen-bond acceptors (Lipinski definition) is 3. The Labute approximate surface area is 112 Å². The van der Waals surface area contributed by atoms with E-state index in [2.05, 4.69) is 9.84 Å². The summed E-state index contributed by atoms with van der Waals surface area (Å²) in [5.41, 5.74) is 0.730. The predicted octanol–water partition coefficient (Wildman–Crippen LogP) is 3.05. The van der Waals surface area contributed by atoms with Crippen LogP contribution in [-0.4, -0.2) is 22.4 Å². The number of nitrogens with zero attached hydrogens (tertiary/aromatic N) is 2. The molecule has 2 rings (SSSR count). The molecule has 0 saturated carbocycles. The number of carbonyl (C=O) groups is 1. The summed E-state index contributed by atoms with van der Waals surface area (Å²) in [6, 6.07) is 7.29. The summed E-state index contributed by atoms with van der Waals surface area (Å²) in [6.07, 6.45) is -1.35. The van der Waals surface area contributed by atoms with Crippen molar-refractivity contribution in [3.63, 3.8) is 0 Å². The number of fused-ring (bicyclic) bond motifs is 1. The van der Waals surface area contributed by atoms with E-state index in [0.29, 0.717) is 0 Å². The molecule has 0 saturated heterocycles. The quantitative estimate of drug-likeness (QED) is 0.793. The van der Waals surface area contributed by atoms with Gasteiger partial charge in [-0.25, -0.2) is 4.39 Å². The summed E-state index contributed by atoms with van der Waals surface area (Å²) >= 11 is 0. The summed E-state index contributed by atoms with van der Waals surface area (Å²) in [7, 11) is 0. The minimum atomic E-state index is -2.39. The van der Waals surface area contributed by atoms with Crippen molar-refractivity contribution >= 4 is 16.9 Å². The molecule has 0 aliphatic heterocycles. The first-order valence-corrected chi connectivity index (χ1v) is 5.84. The number of benzene rings is 1. The third-order valence-corrected chi connectivity index (χ3v) is 2.54. The van der Waals surface area contributed by atoms with E-state index in [1.165, 1.54) is 4.68 Å². The van der Waals surface area contributed by atoms with Crippen LogP contribution < -0.4 is 0 Å². The molecular weight excluding hydrogens is 273 g/mol. The highest BCUT2D eigenvalue weighted by molar-refractivity contribution is 5.78. The minimum Gasteiger partial charge on any atom is -0.464 e. The SMILES string of the molecule is O=C(Cn1cc2ccccc2n1)OCCC(F)=C(F)F. The second-order valence-corrected chi connectivity index (χ2v) is 4.02. The van der Waals surface area contributed by atoms with E-state index in [1.54, 1.807) is 12.3 Å². The van der Waals surface area contributed by atoms with Gasteiger partial charge in [0.25, 0.3) is 0 Å². The Morgan fingerprint density at radius 3 is 2.70 bits per heavy atom. The maximum absolute atomic E-state index is 12.5. The Morgan fingerprint density at radius 2 is 2.00 bits per heavy atom. The lowest BCUT2D eigenvalue weighted by Crippen LogP contribution is -2.14. The largest absolute Gasteiger partial charge is 0.464 e. The zero-order chi connectivity index (χ0) is 14.5. The van der Waals surface area contributed by atoms with E-state index < -0.39 is 30.9 Å². The van der Waals surface area contributed by atoms with Crippen molar-refractivity contribution < 1.29 is 22.7 Å². The Bertz CT molecular complexity index is 615. The van der Waals surface area contributed by atoms with Crippen LogP contribution in [0.15, 0.2) is 42.4 Å². The van der Waals surface area contributed by atoms with Crippen molar-refractivity contribution in [1.82, 2.24) is 9.78 Å². The molecule has 1 heterocycles. The van der Waals surface area contributed by atoms with Crippen LogP contribution in [0.1, 0.15) is 6.42 Å². The predicted molar refractivity (Wildman–Crippen MR) is 65.7 cm³/mol. The third kappa shape index (κ3) is 3.59. The van der Waals surface area contributed by atoms with Gasteiger partial charge < -0.3 is 4.74 Å². The van der Waals surface area contributed by atoms with Gasteiger partial charge in [-0.05, 0) is 6.07 Å². The fraction of sp³-hybridized carbons (Fsp3) is 0.231. The summed E-state index contributed by atoms with van der Waals surface area (Å²) < 4.78 is 42.0. The van der Waals surface area contributed by atoms with Crippen LogP contribution in [0.2, 0.25) is 0 Å². The Hall–Kier alpha value is -2.31. The highest BCUT2D eigenvalue weighted by Gasteiger charge is 2.09. The van der Waals surface area contributed by atoms with Crippen molar-refractivity contribution in [2.24, 2.45) is 0 Å². The molecule has 7 heteroatoms. The number of rotatable bonds is 5. The van der Waals surface area contributed by atoms with E-state index >= 15 is 0 Å². The first kappa shape index (κ1) is 14.1. The lowest BCUT2D eigenvalue weighted by molar-refractivity contribution is -0.144. The molecule has 1 aromatic carbocycles. The normalized spacial score (nSPS) is 10.6. The van der Waals surface area contributed by atoms with Gasteiger partial charge in [0, 0.05) is 18.0 Å². The number of esters is 1. The molecule has 20 heavy (non-hydrogen) atoms. The second kappa shape index (κ2) is 6.23. The zero-order valence-electron chi connectivity index (χ0n) is 10.4. The van der Waals surface area contributed by atoms with Crippen LogP contribution in [0, 0.1) is 0 Å². The smallest absolute Gasteiger partial charge is 0.327 e. The van der Waals surface area contributed by atoms with E-state index in [9.17, 15) is 18.0 Å². The molecule has 0 amide bonds. The van der Waals surface area contributed by atoms with Gasteiger partial charge in [0.1, 0.15) is 6.54 Å². The molecule has 2 aromatic rings. The number of hydrogen-bond donors (Lipinski definition) is 0. The number of aromatic nitrogens is 2. The Morgan fingerprint density at radius 1 is 1.25 bits per heavy atom. The molecule has 0 bridgehead atoms. The lowest BCUT2D eigenvalue weighted by Gasteiger charge is -2.03. The van der Waals surface area contributed by atoms with Gasteiger partial charge >= 0.3 is 12.0 Å². The van der Waals surface area contributed by atoms with Crippen LogP contribution >= 0.6 is 0 Å². The van der Waals surface area contributed by atoms with Crippen LogP contribution in [-0.2, 0) is 16.1 Å². The van der Waals surface area contributed by atoms with Gasteiger partial charge in [-0.2, -0.15) is 13.9 Å². The first-order valence-electron chi connectivity index (χ1n) is 5.84. The number of ether oxygens (including phenoxy) is 1. The molecule has 4 nitrogen and oxygen atoms in total. The molecule has 0 aliphatic rings. The maximum Gasteiger partial charge on any atom is 0.327 e. The van der Waals surface area contributed by atoms with Gasteiger partial charge in [-0.15, -0.1) is 0 Å². The summed E-state index contributed by atoms with van der Waals surface area (Å²) in [6.45, 7) is -0.582. The van der Waals surface area contributed by atoms with Crippen LogP contribution in [0.4, 0.5) is 13.2 Å². The first-order chi connectivity index (χ1) is 9.56. The minimum absolute atomic E-state index is 0.155. The monoisotopic (exact) mass is 284 g/mol. The maximum atomic E-state index is 12.5. The molecule has 0 aliphatic carbocycles. The molecule has 0 spiro atoms. The van der Waals surface area contributed by atoms with Gasteiger partial charge in [0.05, 0.1) is 12.1 Å². The van der Waals surface area contributed by atoms with Crippen LogP contribution in [0.5, 0.6) is 0 Å². The average Bonchev–Trinajstić information content (AvgIpc) is 2.80. The standard InChI is InChI=1S/C13H11F3N2O2/c14-10(13(15)16)5-6-20-12(19)8-18-7-9-3-1-2-4-11(9)17-18/h1-4,7H,5-6,8H2. The van der Waals surface area contributed by atoms with Crippen molar-refractivity contribution in [2.75, 3.05) is 6.61 Å². The van der Waals surface area contributed by atoms with Crippen molar-refractivity contribution in [2.45, 2.75) is 13.0 Å². The highest BCUT2D eigenvalue weighted by atomic mass is 19.3. The van der Waals surface area contributed by atoms with Crippen molar-refractivity contribution in [1.29, 1.82) is 0 Å². The Balaban J connectivity index is 1.87. The topological polar surface area (TPSA) is 44.1 Å². The van der Waals surface area contributed by atoms with E-state index in [0.717, 1.165) is 10.9 Å². The zero-order valence-corrected chi connectivity index (χ0v) is 10.4. The molecule has 0 atom stereocenters. The average molecular weight is 284 g/mol. The fourth-order valence-corrected chi connectivity index (χ4v) is 1.62. The second-order valence-electron chi connectivity index (χ2n) is 4.02. The van der Waals surface area contributed by atoms with Gasteiger partial charge in [0.15, 0.2) is 5.83 Å². The van der Waals surface area contributed by atoms with Gasteiger partial charge in [-0.1, -0.05) is 18.2 Å². The van der Waals surface area contributed by atoms with E-state index in [1.807, 2.05) is 18.2 Å². The van der Waals surface area contributed by atoms with Crippen LogP contribution in [0.3, 0.4) is 0 Å². The molecule has 1 aromatic heterocycles. The fourth-order valence-electron chi connectivity index (χ4n) is 1.62. The lowest BCUT2D eigenvalue weighted by atomic mass is 10.3. The third-order valence-electron chi connectivity index (χ3n) is 2.54. The summed E-state index contributed by atoms with van der Waals surface area (Å²) in [4.78, 5) is 11.4. The van der Waals surface area contributed by atoms with Crippen LogP contribution in [0.25, 0.3) is 10.9 Å². The van der Waals surface area contributed by atoms with E-state index in [-0.39, 0.29) is 6.54 Å². The van der Waals surface area contributed by atoms with Crippen molar-refractivity contribution in [3.8, 4) is 0 Å². The number of halogens is 3. The molecule has 106 valence electrons. The molecule has 0 N–H and O–H groups in total. The molecule has 0 unspecified atom stereocenters. The molecule has 0 radical (unpaired) electrons. The molecule has 0 fully saturated rings.